The van der Waals surface area contributed by atoms with Gasteiger partial charge in [0.15, 0.2) is 0 Å². The lowest BCUT2D eigenvalue weighted by Gasteiger charge is -2.26. The summed E-state index contributed by atoms with van der Waals surface area (Å²) in [6.07, 6.45) is 0. The second kappa shape index (κ2) is 6.33. The molecular formula is C13H18N4O3. The average molecular weight is 278 g/mol. The highest BCUT2D eigenvalue weighted by atomic mass is 16.6. The van der Waals surface area contributed by atoms with Gasteiger partial charge in [0.2, 0.25) is 5.91 Å². The van der Waals surface area contributed by atoms with E-state index in [1.165, 1.54) is 0 Å². The van der Waals surface area contributed by atoms with Gasteiger partial charge >= 0.3 is 0 Å². The van der Waals surface area contributed by atoms with Crippen LogP contribution in [0.2, 0.25) is 0 Å². The minimum absolute atomic E-state index is 0.00461. The van der Waals surface area contributed by atoms with Crippen molar-refractivity contribution in [3.8, 4) is 0 Å². The maximum atomic E-state index is 11.3. The first-order valence-electron chi connectivity index (χ1n) is 6.60. The minimum atomic E-state index is -0.385. The smallest absolute Gasteiger partial charge is 0.292 e. The number of hydrogen-bond acceptors (Lipinski definition) is 5. The normalized spacial score (nSPS) is 15.8. The number of carbonyl (C=O) groups excluding carboxylic acids is 1. The van der Waals surface area contributed by atoms with Gasteiger partial charge in [-0.3, -0.25) is 19.8 Å². The Hall–Kier alpha value is -2.15. The van der Waals surface area contributed by atoms with Crippen LogP contribution in [0.25, 0.3) is 0 Å². The number of nitro groups is 1. The van der Waals surface area contributed by atoms with Crippen molar-refractivity contribution in [1.82, 2.24) is 10.2 Å². The van der Waals surface area contributed by atoms with Gasteiger partial charge in [0, 0.05) is 32.2 Å². The second-order valence-corrected chi connectivity index (χ2v) is 4.70. The number of amides is 1. The lowest BCUT2D eigenvalue weighted by molar-refractivity contribution is -0.384. The molecule has 0 radical (unpaired) electrons. The number of hydrogen-bond donors (Lipinski definition) is 2. The van der Waals surface area contributed by atoms with Crippen molar-refractivity contribution in [3.63, 3.8) is 0 Å². The number of benzene rings is 1. The SMILES string of the molecule is CCNc1ccc(CN2CCNC(=O)C2)cc1[N+](=O)[O-]. The molecule has 1 aliphatic rings. The summed E-state index contributed by atoms with van der Waals surface area (Å²) >= 11 is 0. The fraction of sp³-hybridized carbons (Fsp3) is 0.462. The highest BCUT2D eigenvalue weighted by Crippen LogP contribution is 2.26. The van der Waals surface area contributed by atoms with Crippen LogP contribution in [-0.4, -0.2) is 41.9 Å². The van der Waals surface area contributed by atoms with Gasteiger partial charge in [-0.15, -0.1) is 0 Å². The highest BCUT2D eigenvalue weighted by Gasteiger charge is 2.18. The fourth-order valence-corrected chi connectivity index (χ4v) is 2.25. The molecule has 0 aliphatic carbocycles. The molecule has 7 heteroatoms. The summed E-state index contributed by atoms with van der Waals surface area (Å²) in [4.78, 5) is 24.0. The molecule has 1 aliphatic heterocycles. The van der Waals surface area contributed by atoms with E-state index in [1.807, 2.05) is 17.9 Å². The average Bonchev–Trinajstić information content (AvgIpc) is 2.40. The summed E-state index contributed by atoms with van der Waals surface area (Å²) in [6, 6.07) is 5.16. The quantitative estimate of drug-likeness (QED) is 0.618. The van der Waals surface area contributed by atoms with Crippen LogP contribution in [0.1, 0.15) is 12.5 Å². The first-order chi connectivity index (χ1) is 9.60. The van der Waals surface area contributed by atoms with Crippen molar-refractivity contribution in [3.05, 3.63) is 33.9 Å². The van der Waals surface area contributed by atoms with Crippen molar-refractivity contribution in [2.24, 2.45) is 0 Å². The molecule has 1 fully saturated rings. The van der Waals surface area contributed by atoms with Crippen LogP contribution in [0, 0.1) is 10.1 Å². The van der Waals surface area contributed by atoms with E-state index in [-0.39, 0.29) is 16.5 Å². The van der Waals surface area contributed by atoms with E-state index in [4.69, 9.17) is 0 Å². The number of nitro benzene ring substituents is 1. The Morgan fingerprint density at radius 3 is 2.95 bits per heavy atom. The third kappa shape index (κ3) is 3.45. The monoisotopic (exact) mass is 278 g/mol. The summed E-state index contributed by atoms with van der Waals surface area (Å²) < 4.78 is 0. The van der Waals surface area contributed by atoms with Gasteiger partial charge in [0.25, 0.3) is 5.69 Å². The van der Waals surface area contributed by atoms with E-state index in [1.54, 1.807) is 12.1 Å². The van der Waals surface area contributed by atoms with Gasteiger partial charge in [-0.2, -0.15) is 0 Å². The summed E-state index contributed by atoms with van der Waals surface area (Å²) in [7, 11) is 0. The maximum absolute atomic E-state index is 11.3. The van der Waals surface area contributed by atoms with E-state index in [0.29, 0.717) is 31.9 Å². The van der Waals surface area contributed by atoms with Crippen LogP contribution in [-0.2, 0) is 11.3 Å². The third-order valence-corrected chi connectivity index (χ3v) is 3.15. The molecule has 2 N–H and O–H groups in total. The molecule has 1 saturated heterocycles. The van der Waals surface area contributed by atoms with Crippen molar-refractivity contribution in [2.45, 2.75) is 13.5 Å². The van der Waals surface area contributed by atoms with Gasteiger partial charge < -0.3 is 10.6 Å². The Balaban J connectivity index is 2.14. The van der Waals surface area contributed by atoms with Crippen molar-refractivity contribution in [1.29, 1.82) is 0 Å². The second-order valence-electron chi connectivity index (χ2n) is 4.70. The predicted octanol–water partition coefficient (Wildman–Crippen LogP) is 0.958. The van der Waals surface area contributed by atoms with E-state index in [9.17, 15) is 14.9 Å². The first-order valence-corrected chi connectivity index (χ1v) is 6.60. The van der Waals surface area contributed by atoms with E-state index < -0.39 is 0 Å². The molecule has 0 aromatic heterocycles. The summed E-state index contributed by atoms with van der Waals surface area (Å²) in [5.74, 6) is -0.00461. The molecule has 1 aromatic carbocycles. The standard InChI is InChI=1S/C13H18N4O3/c1-2-14-11-4-3-10(7-12(11)17(19)20)8-16-6-5-15-13(18)9-16/h3-4,7,14H,2,5-6,8-9H2,1H3,(H,15,18). The van der Waals surface area contributed by atoms with Gasteiger partial charge in [-0.25, -0.2) is 0 Å². The van der Waals surface area contributed by atoms with Crippen LogP contribution in [0.4, 0.5) is 11.4 Å². The number of nitrogens with one attached hydrogen (secondary N) is 2. The van der Waals surface area contributed by atoms with Crippen LogP contribution in [0.15, 0.2) is 18.2 Å². The molecular weight excluding hydrogens is 260 g/mol. The minimum Gasteiger partial charge on any atom is -0.380 e. The van der Waals surface area contributed by atoms with Crippen LogP contribution < -0.4 is 10.6 Å². The fourth-order valence-electron chi connectivity index (χ4n) is 2.25. The summed E-state index contributed by atoms with van der Waals surface area (Å²) in [5.41, 5.74) is 1.44. The van der Waals surface area contributed by atoms with Crippen molar-refractivity contribution < 1.29 is 9.72 Å². The number of anilines is 1. The molecule has 7 nitrogen and oxygen atoms in total. The molecule has 0 saturated carbocycles. The summed E-state index contributed by atoms with van der Waals surface area (Å²) in [6.45, 7) is 4.78. The van der Waals surface area contributed by atoms with Gasteiger partial charge in [-0.1, -0.05) is 6.07 Å². The Labute approximate surface area is 117 Å². The molecule has 0 spiro atoms. The molecule has 0 bridgehead atoms. The number of piperazine rings is 1. The van der Waals surface area contributed by atoms with Gasteiger partial charge in [-0.05, 0) is 18.6 Å². The zero-order chi connectivity index (χ0) is 14.5. The Bertz CT molecular complexity index is 518. The topological polar surface area (TPSA) is 87.5 Å². The lowest BCUT2D eigenvalue weighted by atomic mass is 10.1. The summed E-state index contributed by atoms with van der Waals surface area (Å²) in [5, 5.41) is 16.8. The van der Waals surface area contributed by atoms with Crippen molar-refractivity contribution >= 4 is 17.3 Å². The Morgan fingerprint density at radius 1 is 1.50 bits per heavy atom. The zero-order valence-electron chi connectivity index (χ0n) is 11.4. The predicted molar refractivity (Wildman–Crippen MR) is 75.5 cm³/mol. The number of nitrogens with zero attached hydrogens (tertiary/aromatic N) is 2. The molecule has 1 aromatic rings. The Kier molecular flexibility index (Phi) is 4.52. The van der Waals surface area contributed by atoms with E-state index >= 15 is 0 Å². The third-order valence-electron chi connectivity index (χ3n) is 3.15. The Morgan fingerprint density at radius 2 is 2.30 bits per heavy atom. The molecule has 0 atom stereocenters. The molecule has 2 rings (SSSR count). The molecule has 0 unspecified atom stereocenters. The molecule has 1 amide bonds. The molecule has 20 heavy (non-hydrogen) atoms. The van der Waals surface area contributed by atoms with E-state index in [2.05, 4.69) is 10.6 Å². The maximum Gasteiger partial charge on any atom is 0.292 e. The molecule has 1 heterocycles. The van der Waals surface area contributed by atoms with Crippen LogP contribution in [0.3, 0.4) is 0 Å². The number of rotatable bonds is 5. The van der Waals surface area contributed by atoms with Gasteiger partial charge in [0.1, 0.15) is 5.69 Å². The van der Waals surface area contributed by atoms with Crippen LogP contribution in [0.5, 0.6) is 0 Å². The first kappa shape index (κ1) is 14.3. The number of carbonyl (C=O) groups is 1. The van der Waals surface area contributed by atoms with Crippen LogP contribution >= 0.6 is 0 Å². The molecule has 108 valence electrons. The lowest BCUT2D eigenvalue weighted by Crippen LogP contribution is -2.47. The largest absolute Gasteiger partial charge is 0.380 e. The van der Waals surface area contributed by atoms with E-state index in [0.717, 1.165) is 12.1 Å². The highest BCUT2D eigenvalue weighted by molar-refractivity contribution is 5.78. The van der Waals surface area contributed by atoms with Crippen molar-refractivity contribution in [2.75, 3.05) is 31.5 Å². The van der Waals surface area contributed by atoms with Gasteiger partial charge in [0.05, 0.1) is 11.5 Å². The zero-order valence-corrected chi connectivity index (χ0v) is 11.4.